The highest BCUT2D eigenvalue weighted by Crippen LogP contribution is 2.32. The molecule has 0 spiro atoms. The van der Waals surface area contributed by atoms with Gasteiger partial charge in [-0.25, -0.2) is 4.98 Å². The molecule has 1 atom stereocenters. The minimum absolute atomic E-state index is 0.278. The standard InChI is InChI=1S/C14H18N2OS2/c1-4-6-11-13(9-17)19-14(15-11)16(3)10(2)12-7-5-8-18-12/h5,7-10H,4,6H2,1-3H3. The lowest BCUT2D eigenvalue weighted by atomic mass is 10.2. The second-order valence-corrected chi connectivity index (χ2v) is 6.47. The summed E-state index contributed by atoms with van der Waals surface area (Å²) in [6.07, 6.45) is 2.80. The minimum atomic E-state index is 0.278. The molecule has 2 heterocycles. The summed E-state index contributed by atoms with van der Waals surface area (Å²) in [7, 11) is 2.04. The van der Waals surface area contributed by atoms with Gasteiger partial charge in [0.2, 0.25) is 0 Å². The summed E-state index contributed by atoms with van der Waals surface area (Å²) >= 11 is 3.23. The highest BCUT2D eigenvalue weighted by Gasteiger charge is 2.18. The summed E-state index contributed by atoms with van der Waals surface area (Å²) in [5.74, 6) is 0. The third-order valence-corrected chi connectivity index (χ3v) is 5.30. The van der Waals surface area contributed by atoms with Crippen LogP contribution in [0.5, 0.6) is 0 Å². The number of anilines is 1. The molecule has 0 fully saturated rings. The number of thiophene rings is 1. The highest BCUT2D eigenvalue weighted by atomic mass is 32.1. The molecule has 5 heteroatoms. The van der Waals surface area contributed by atoms with E-state index in [4.69, 9.17) is 0 Å². The summed E-state index contributed by atoms with van der Waals surface area (Å²) in [5, 5.41) is 3.01. The van der Waals surface area contributed by atoms with Crippen molar-refractivity contribution in [2.45, 2.75) is 32.7 Å². The van der Waals surface area contributed by atoms with Crippen LogP contribution in [-0.4, -0.2) is 18.3 Å². The van der Waals surface area contributed by atoms with Crippen LogP contribution in [0, 0.1) is 0 Å². The van der Waals surface area contributed by atoms with Gasteiger partial charge in [-0.05, 0) is 24.8 Å². The number of carbonyl (C=O) groups excluding carboxylic acids is 1. The van der Waals surface area contributed by atoms with Crippen molar-refractivity contribution in [3.63, 3.8) is 0 Å². The molecule has 0 bridgehead atoms. The van der Waals surface area contributed by atoms with Gasteiger partial charge in [0, 0.05) is 11.9 Å². The number of aromatic nitrogens is 1. The summed E-state index contributed by atoms with van der Waals surface area (Å²) in [5.41, 5.74) is 0.933. The second kappa shape index (κ2) is 6.30. The fraction of sp³-hybridized carbons (Fsp3) is 0.429. The van der Waals surface area contributed by atoms with Crippen molar-refractivity contribution < 1.29 is 4.79 Å². The number of rotatable bonds is 6. The predicted octanol–water partition coefficient (Wildman–Crippen LogP) is 4.17. The van der Waals surface area contributed by atoms with Crippen molar-refractivity contribution in [3.8, 4) is 0 Å². The van der Waals surface area contributed by atoms with Crippen molar-refractivity contribution in [2.24, 2.45) is 0 Å². The average Bonchev–Trinajstić information content (AvgIpc) is 3.06. The lowest BCUT2D eigenvalue weighted by Crippen LogP contribution is -2.20. The van der Waals surface area contributed by atoms with Crippen LogP contribution in [0.15, 0.2) is 17.5 Å². The molecular formula is C14H18N2OS2. The van der Waals surface area contributed by atoms with Crippen LogP contribution in [0.25, 0.3) is 0 Å². The molecule has 19 heavy (non-hydrogen) atoms. The maximum absolute atomic E-state index is 11.1. The lowest BCUT2D eigenvalue weighted by Gasteiger charge is -2.23. The highest BCUT2D eigenvalue weighted by molar-refractivity contribution is 7.17. The zero-order valence-electron chi connectivity index (χ0n) is 11.4. The van der Waals surface area contributed by atoms with Gasteiger partial charge in [0.05, 0.1) is 16.6 Å². The Bertz CT molecular complexity index is 534. The first-order valence-electron chi connectivity index (χ1n) is 6.38. The Morgan fingerprint density at radius 1 is 1.53 bits per heavy atom. The topological polar surface area (TPSA) is 33.2 Å². The molecule has 0 amide bonds. The molecule has 0 aliphatic heterocycles. The predicted molar refractivity (Wildman–Crippen MR) is 82.6 cm³/mol. The van der Waals surface area contributed by atoms with E-state index in [1.807, 2.05) is 7.05 Å². The van der Waals surface area contributed by atoms with Gasteiger partial charge in [0.1, 0.15) is 0 Å². The Morgan fingerprint density at radius 2 is 2.32 bits per heavy atom. The van der Waals surface area contributed by atoms with Crippen LogP contribution in [-0.2, 0) is 6.42 Å². The fourth-order valence-electron chi connectivity index (χ4n) is 1.89. The number of hydrogen-bond donors (Lipinski definition) is 0. The van der Waals surface area contributed by atoms with Gasteiger partial charge in [-0.2, -0.15) is 0 Å². The molecule has 0 saturated heterocycles. The third kappa shape index (κ3) is 3.04. The average molecular weight is 294 g/mol. The molecule has 0 aliphatic carbocycles. The molecule has 3 nitrogen and oxygen atoms in total. The van der Waals surface area contributed by atoms with E-state index >= 15 is 0 Å². The van der Waals surface area contributed by atoms with Gasteiger partial charge >= 0.3 is 0 Å². The van der Waals surface area contributed by atoms with E-state index in [2.05, 4.69) is 41.2 Å². The Kier molecular flexibility index (Phi) is 4.71. The number of carbonyl (C=O) groups is 1. The van der Waals surface area contributed by atoms with Crippen LogP contribution < -0.4 is 4.90 Å². The first kappa shape index (κ1) is 14.2. The van der Waals surface area contributed by atoms with Crippen molar-refractivity contribution in [3.05, 3.63) is 33.0 Å². The van der Waals surface area contributed by atoms with Crippen molar-refractivity contribution in [2.75, 3.05) is 11.9 Å². The largest absolute Gasteiger partial charge is 0.344 e. The van der Waals surface area contributed by atoms with E-state index in [-0.39, 0.29) is 6.04 Å². The summed E-state index contributed by atoms with van der Waals surface area (Å²) in [6, 6.07) is 4.47. The van der Waals surface area contributed by atoms with E-state index in [9.17, 15) is 4.79 Å². The molecule has 1 unspecified atom stereocenters. The van der Waals surface area contributed by atoms with Gasteiger partial charge in [0.15, 0.2) is 11.4 Å². The van der Waals surface area contributed by atoms with Crippen LogP contribution in [0.4, 0.5) is 5.13 Å². The molecule has 0 radical (unpaired) electrons. The normalized spacial score (nSPS) is 12.4. The SMILES string of the molecule is CCCc1nc(N(C)C(C)c2cccs2)sc1C=O. The number of aldehydes is 1. The zero-order chi connectivity index (χ0) is 13.8. The molecular weight excluding hydrogens is 276 g/mol. The Labute approximate surface area is 121 Å². The van der Waals surface area contributed by atoms with Gasteiger partial charge in [0.25, 0.3) is 0 Å². The monoisotopic (exact) mass is 294 g/mol. The first-order valence-corrected chi connectivity index (χ1v) is 8.08. The molecule has 2 aromatic rings. The Balaban J connectivity index is 2.23. The summed E-state index contributed by atoms with van der Waals surface area (Å²) in [6.45, 7) is 4.26. The third-order valence-electron chi connectivity index (χ3n) is 3.15. The van der Waals surface area contributed by atoms with E-state index < -0.39 is 0 Å². The molecule has 0 aromatic carbocycles. The van der Waals surface area contributed by atoms with Crippen LogP contribution >= 0.6 is 22.7 Å². The van der Waals surface area contributed by atoms with Crippen LogP contribution in [0.3, 0.4) is 0 Å². The van der Waals surface area contributed by atoms with Gasteiger partial charge < -0.3 is 4.90 Å². The van der Waals surface area contributed by atoms with Gasteiger partial charge in [-0.15, -0.1) is 11.3 Å². The van der Waals surface area contributed by atoms with Crippen LogP contribution in [0.1, 0.15) is 46.6 Å². The van der Waals surface area contributed by atoms with E-state index in [1.54, 1.807) is 11.3 Å². The molecule has 0 N–H and O–H groups in total. The van der Waals surface area contributed by atoms with E-state index in [1.165, 1.54) is 16.2 Å². The maximum atomic E-state index is 11.1. The summed E-state index contributed by atoms with van der Waals surface area (Å²) < 4.78 is 0. The summed E-state index contributed by atoms with van der Waals surface area (Å²) in [4.78, 5) is 19.9. The molecule has 2 rings (SSSR count). The van der Waals surface area contributed by atoms with Gasteiger partial charge in [-0.3, -0.25) is 4.79 Å². The lowest BCUT2D eigenvalue weighted by molar-refractivity contribution is 0.112. The van der Waals surface area contributed by atoms with Crippen molar-refractivity contribution in [1.29, 1.82) is 0 Å². The van der Waals surface area contributed by atoms with Gasteiger partial charge in [-0.1, -0.05) is 30.7 Å². The number of nitrogens with zero attached hydrogens (tertiary/aromatic N) is 2. The number of hydrogen-bond acceptors (Lipinski definition) is 5. The maximum Gasteiger partial charge on any atom is 0.186 e. The zero-order valence-corrected chi connectivity index (χ0v) is 13.1. The first-order chi connectivity index (χ1) is 9.17. The van der Waals surface area contributed by atoms with Crippen LogP contribution in [0.2, 0.25) is 0 Å². The Hall–Kier alpha value is -1.20. The number of aryl methyl sites for hydroxylation is 1. The molecule has 0 saturated carbocycles. The molecule has 0 aliphatic rings. The van der Waals surface area contributed by atoms with E-state index in [0.717, 1.165) is 34.8 Å². The molecule has 102 valence electrons. The van der Waals surface area contributed by atoms with Crippen molar-refractivity contribution in [1.82, 2.24) is 4.98 Å². The molecule has 2 aromatic heterocycles. The van der Waals surface area contributed by atoms with Crippen molar-refractivity contribution >= 4 is 34.1 Å². The fourth-order valence-corrected chi connectivity index (χ4v) is 3.69. The number of thiazole rings is 1. The minimum Gasteiger partial charge on any atom is -0.344 e. The second-order valence-electron chi connectivity index (χ2n) is 4.48. The van der Waals surface area contributed by atoms with E-state index in [0.29, 0.717) is 0 Å². The quantitative estimate of drug-likeness (QED) is 0.750. The Morgan fingerprint density at radius 3 is 2.89 bits per heavy atom. The smallest absolute Gasteiger partial charge is 0.186 e.